The highest BCUT2D eigenvalue weighted by atomic mass is 32.2. The van der Waals surface area contributed by atoms with Crippen LogP contribution in [0.15, 0.2) is 144 Å². The van der Waals surface area contributed by atoms with E-state index in [-0.39, 0.29) is 0 Å². The summed E-state index contributed by atoms with van der Waals surface area (Å²) in [5.41, 5.74) is 24.9. The molecule has 2 heterocycles. The van der Waals surface area contributed by atoms with Crippen LogP contribution in [0.5, 0.6) is 11.5 Å². The van der Waals surface area contributed by atoms with E-state index in [1.807, 2.05) is 30.2 Å². The molecular weight excluding hydrogens is 777 g/mol. The Hall–Kier alpha value is -6.56. The van der Waals surface area contributed by atoms with Gasteiger partial charge < -0.3 is 14.4 Å². The standard InChI is InChI=1S/C57H52N2O2S/c1-33-23-43(34(2)22-42(33)41-16-15-21-58-32-41)44-24-37(5)47(26-35(44)3)49-30-55(61-10)50(31-54(49)60-9)48-27-36(4)45(25-38(48)6)46-28-40(8)53(29-39(46)7)59-51-17-11-13-19-56(51)62-57-20-14-12-18-52(57)59/h11-32H,1-10H3. The number of para-hydroxylation sites is 2. The molecule has 62 heavy (non-hydrogen) atoms. The number of aryl methyl sites for hydroxylation is 8. The van der Waals surface area contributed by atoms with Gasteiger partial charge in [-0.25, -0.2) is 0 Å². The van der Waals surface area contributed by atoms with Crippen molar-refractivity contribution < 1.29 is 9.47 Å². The van der Waals surface area contributed by atoms with E-state index in [9.17, 15) is 0 Å². The third kappa shape index (κ3) is 7.14. The maximum absolute atomic E-state index is 6.20. The molecule has 1 aliphatic heterocycles. The van der Waals surface area contributed by atoms with E-state index in [2.05, 4.69) is 181 Å². The van der Waals surface area contributed by atoms with Crippen molar-refractivity contribution in [2.24, 2.45) is 0 Å². The zero-order valence-electron chi connectivity index (χ0n) is 37.3. The first-order valence-electron chi connectivity index (χ1n) is 21.2. The highest BCUT2D eigenvalue weighted by Crippen LogP contribution is 2.53. The second-order valence-corrected chi connectivity index (χ2v) is 17.9. The first kappa shape index (κ1) is 40.8. The molecule has 308 valence electrons. The predicted octanol–water partition coefficient (Wildman–Crippen LogP) is 15.8. The smallest absolute Gasteiger partial charge is 0.127 e. The van der Waals surface area contributed by atoms with Gasteiger partial charge in [0.2, 0.25) is 0 Å². The number of methoxy groups -OCH3 is 2. The Bertz CT molecular complexity index is 3010. The molecule has 0 amide bonds. The highest BCUT2D eigenvalue weighted by molar-refractivity contribution is 7.99. The van der Waals surface area contributed by atoms with Crippen molar-refractivity contribution in [1.29, 1.82) is 0 Å². The zero-order chi connectivity index (χ0) is 43.4. The largest absolute Gasteiger partial charge is 0.496 e. The van der Waals surface area contributed by atoms with Crippen LogP contribution < -0.4 is 14.4 Å². The molecule has 0 saturated carbocycles. The molecule has 5 heteroatoms. The molecule has 0 unspecified atom stereocenters. The first-order valence-corrected chi connectivity index (χ1v) is 22.1. The van der Waals surface area contributed by atoms with Gasteiger partial charge in [0.15, 0.2) is 0 Å². The summed E-state index contributed by atoms with van der Waals surface area (Å²) in [5.74, 6) is 1.62. The Morgan fingerprint density at radius 1 is 0.387 bits per heavy atom. The van der Waals surface area contributed by atoms with Crippen molar-refractivity contribution >= 4 is 28.8 Å². The summed E-state index contributed by atoms with van der Waals surface area (Å²) < 4.78 is 12.4. The average molecular weight is 829 g/mol. The van der Waals surface area contributed by atoms with Crippen molar-refractivity contribution in [3.8, 4) is 67.1 Å². The molecule has 0 bridgehead atoms. The van der Waals surface area contributed by atoms with Crippen LogP contribution >= 0.6 is 11.8 Å². The van der Waals surface area contributed by atoms with E-state index in [1.165, 1.54) is 99.2 Å². The molecule has 9 rings (SSSR count). The lowest BCUT2D eigenvalue weighted by Crippen LogP contribution is -2.16. The summed E-state index contributed by atoms with van der Waals surface area (Å²) in [5, 5.41) is 0. The molecule has 0 saturated heterocycles. The Labute approximate surface area is 371 Å². The van der Waals surface area contributed by atoms with Crippen LogP contribution in [0, 0.1) is 55.4 Å². The summed E-state index contributed by atoms with van der Waals surface area (Å²) in [6.07, 6.45) is 3.76. The van der Waals surface area contributed by atoms with Gasteiger partial charge in [0.1, 0.15) is 11.5 Å². The molecule has 0 radical (unpaired) electrons. The Morgan fingerprint density at radius 2 is 0.774 bits per heavy atom. The Morgan fingerprint density at radius 3 is 1.21 bits per heavy atom. The lowest BCUT2D eigenvalue weighted by Gasteiger charge is -2.34. The van der Waals surface area contributed by atoms with Gasteiger partial charge in [0, 0.05) is 44.6 Å². The quantitative estimate of drug-likeness (QED) is 0.152. The van der Waals surface area contributed by atoms with Crippen molar-refractivity contribution in [2.75, 3.05) is 19.1 Å². The molecule has 1 aliphatic rings. The van der Waals surface area contributed by atoms with Gasteiger partial charge in [-0.1, -0.05) is 78.5 Å². The number of aromatic nitrogens is 1. The third-order valence-electron chi connectivity index (χ3n) is 12.6. The van der Waals surface area contributed by atoms with E-state index >= 15 is 0 Å². The number of ether oxygens (including phenoxy) is 2. The van der Waals surface area contributed by atoms with Gasteiger partial charge in [0.25, 0.3) is 0 Å². The topological polar surface area (TPSA) is 34.6 Å². The van der Waals surface area contributed by atoms with E-state index in [0.29, 0.717) is 0 Å². The lowest BCUT2D eigenvalue weighted by molar-refractivity contribution is 0.406. The SMILES string of the molecule is COc1cc(-c2cc(C)c(-c3cc(C)c(N4c5ccccc5Sc5ccccc54)cc3C)cc2C)c(OC)cc1-c1cc(C)c(-c2cc(C)c(-c3cccnc3)cc2C)cc1C. The lowest BCUT2D eigenvalue weighted by atomic mass is 9.86. The van der Waals surface area contributed by atoms with Crippen molar-refractivity contribution in [3.63, 3.8) is 0 Å². The van der Waals surface area contributed by atoms with E-state index < -0.39 is 0 Å². The fourth-order valence-corrected chi connectivity index (χ4v) is 10.4. The summed E-state index contributed by atoms with van der Waals surface area (Å²) in [7, 11) is 3.52. The normalized spacial score (nSPS) is 11.9. The molecular formula is C57H52N2O2S. The molecule has 8 aromatic rings. The minimum absolute atomic E-state index is 0.811. The van der Waals surface area contributed by atoms with Crippen LogP contribution in [0.4, 0.5) is 17.1 Å². The maximum atomic E-state index is 6.20. The van der Waals surface area contributed by atoms with Crippen LogP contribution in [0.3, 0.4) is 0 Å². The number of fused-ring (bicyclic) bond motifs is 2. The van der Waals surface area contributed by atoms with E-state index in [0.717, 1.165) is 39.3 Å². The van der Waals surface area contributed by atoms with Crippen molar-refractivity contribution in [3.05, 3.63) is 178 Å². The molecule has 0 spiro atoms. The monoisotopic (exact) mass is 828 g/mol. The predicted molar refractivity (Wildman–Crippen MR) is 261 cm³/mol. The number of pyridine rings is 1. The summed E-state index contributed by atoms with van der Waals surface area (Å²) in [4.78, 5) is 9.32. The van der Waals surface area contributed by atoms with E-state index in [1.54, 1.807) is 14.2 Å². The van der Waals surface area contributed by atoms with Gasteiger partial charge in [-0.15, -0.1) is 0 Å². The van der Waals surface area contributed by atoms with E-state index in [4.69, 9.17) is 9.47 Å². The van der Waals surface area contributed by atoms with Crippen LogP contribution in [0.1, 0.15) is 44.5 Å². The zero-order valence-corrected chi connectivity index (χ0v) is 38.1. The molecule has 0 N–H and O–H groups in total. The summed E-state index contributed by atoms with van der Waals surface area (Å²) >= 11 is 1.84. The number of hydrogen-bond acceptors (Lipinski definition) is 5. The van der Waals surface area contributed by atoms with Crippen LogP contribution in [0.2, 0.25) is 0 Å². The number of hydrogen-bond donors (Lipinski definition) is 0. The van der Waals surface area contributed by atoms with Crippen LogP contribution in [-0.4, -0.2) is 19.2 Å². The Kier molecular flexibility index (Phi) is 10.8. The minimum Gasteiger partial charge on any atom is -0.496 e. The number of rotatable bonds is 8. The molecule has 4 nitrogen and oxygen atoms in total. The molecule has 1 aromatic heterocycles. The minimum atomic E-state index is 0.811. The number of benzene rings is 7. The second-order valence-electron chi connectivity index (χ2n) is 16.8. The first-order chi connectivity index (χ1) is 29.9. The van der Waals surface area contributed by atoms with Gasteiger partial charge in [0.05, 0.1) is 25.6 Å². The van der Waals surface area contributed by atoms with Crippen LogP contribution in [-0.2, 0) is 0 Å². The Balaban J connectivity index is 1.07. The van der Waals surface area contributed by atoms with Gasteiger partial charge in [-0.05, 0) is 193 Å². The fraction of sp³-hybridized carbons (Fsp3) is 0.175. The molecule has 7 aromatic carbocycles. The number of nitrogens with zero attached hydrogens (tertiary/aromatic N) is 2. The maximum Gasteiger partial charge on any atom is 0.127 e. The van der Waals surface area contributed by atoms with Gasteiger partial charge >= 0.3 is 0 Å². The summed E-state index contributed by atoms with van der Waals surface area (Å²) in [6, 6.07) is 44.5. The summed E-state index contributed by atoms with van der Waals surface area (Å²) in [6.45, 7) is 17.7. The van der Waals surface area contributed by atoms with Gasteiger partial charge in [-0.2, -0.15) is 0 Å². The second kappa shape index (κ2) is 16.4. The third-order valence-corrected chi connectivity index (χ3v) is 13.7. The molecule has 0 aliphatic carbocycles. The van der Waals surface area contributed by atoms with Crippen LogP contribution in [0.25, 0.3) is 55.6 Å². The van der Waals surface area contributed by atoms with Crippen molar-refractivity contribution in [1.82, 2.24) is 4.98 Å². The molecule has 0 fully saturated rings. The molecule has 0 atom stereocenters. The number of anilines is 3. The van der Waals surface area contributed by atoms with Crippen molar-refractivity contribution in [2.45, 2.75) is 65.2 Å². The van der Waals surface area contributed by atoms with Gasteiger partial charge in [-0.3, -0.25) is 4.98 Å². The average Bonchev–Trinajstić information content (AvgIpc) is 3.28. The fourth-order valence-electron chi connectivity index (χ4n) is 9.35. The highest BCUT2D eigenvalue weighted by Gasteiger charge is 2.27.